The molecule has 0 bridgehead atoms. The lowest BCUT2D eigenvalue weighted by Gasteiger charge is -2.11. The van der Waals surface area contributed by atoms with E-state index in [2.05, 4.69) is 20.6 Å². The first-order valence-electron chi connectivity index (χ1n) is 7.03. The molecule has 0 atom stereocenters. The van der Waals surface area contributed by atoms with E-state index in [0.717, 1.165) is 24.1 Å². The van der Waals surface area contributed by atoms with Gasteiger partial charge in [0.25, 0.3) is 0 Å². The fraction of sp³-hybridized carbons (Fsp3) is 0.643. The Balaban J connectivity index is 1.78. The number of nitrogens with one attached hydrogen (secondary N) is 2. The van der Waals surface area contributed by atoms with Crippen molar-refractivity contribution in [3.05, 3.63) is 12.4 Å². The van der Waals surface area contributed by atoms with Gasteiger partial charge in [-0.15, -0.1) is 0 Å². The predicted molar refractivity (Wildman–Crippen MR) is 76.3 cm³/mol. The SMILES string of the molecule is CC(=O)CCNc1cc(NCC2CCCC2)ncn1. The van der Waals surface area contributed by atoms with Crippen LogP contribution in [0.25, 0.3) is 0 Å². The Morgan fingerprint density at radius 1 is 1.26 bits per heavy atom. The molecule has 0 aliphatic heterocycles. The van der Waals surface area contributed by atoms with Crippen molar-refractivity contribution in [1.82, 2.24) is 9.97 Å². The summed E-state index contributed by atoms with van der Waals surface area (Å²) in [6, 6.07) is 1.90. The minimum Gasteiger partial charge on any atom is -0.370 e. The van der Waals surface area contributed by atoms with E-state index in [4.69, 9.17) is 0 Å². The molecular formula is C14H22N4O. The Kier molecular flexibility index (Phi) is 5.12. The van der Waals surface area contributed by atoms with Crippen molar-refractivity contribution < 1.29 is 4.79 Å². The minimum atomic E-state index is 0.182. The van der Waals surface area contributed by atoms with E-state index in [0.29, 0.717) is 13.0 Å². The second kappa shape index (κ2) is 7.07. The highest BCUT2D eigenvalue weighted by molar-refractivity contribution is 5.75. The van der Waals surface area contributed by atoms with Gasteiger partial charge in [-0.3, -0.25) is 4.79 Å². The Bertz CT molecular complexity index is 416. The maximum Gasteiger partial charge on any atom is 0.131 e. The van der Waals surface area contributed by atoms with Crippen LogP contribution >= 0.6 is 0 Å². The highest BCUT2D eigenvalue weighted by Crippen LogP contribution is 2.24. The van der Waals surface area contributed by atoms with Crippen molar-refractivity contribution in [3.63, 3.8) is 0 Å². The molecular weight excluding hydrogens is 240 g/mol. The summed E-state index contributed by atoms with van der Waals surface area (Å²) >= 11 is 0. The molecule has 0 radical (unpaired) electrons. The fourth-order valence-electron chi connectivity index (χ4n) is 2.38. The van der Waals surface area contributed by atoms with Gasteiger partial charge in [-0.1, -0.05) is 12.8 Å². The van der Waals surface area contributed by atoms with Crippen molar-refractivity contribution in [2.45, 2.75) is 39.0 Å². The van der Waals surface area contributed by atoms with Gasteiger partial charge < -0.3 is 10.6 Å². The first-order valence-corrected chi connectivity index (χ1v) is 7.03. The highest BCUT2D eigenvalue weighted by Gasteiger charge is 2.14. The van der Waals surface area contributed by atoms with E-state index in [1.165, 1.54) is 25.7 Å². The molecule has 0 spiro atoms. The minimum absolute atomic E-state index is 0.182. The monoisotopic (exact) mass is 262 g/mol. The smallest absolute Gasteiger partial charge is 0.131 e. The fourth-order valence-corrected chi connectivity index (χ4v) is 2.38. The van der Waals surface area contributed by atoms with E-state index in [-0.39, 0.29) is 5.78 Å². The predicted octanol–water partition coefficient (Wildman–Crippen LogP) is 2.47. The number of carbonyl (C=O) groups is 1. The second-order valence-corrected chi connectivity index (χ2v) is 5.20. The lowest BCUT2D eigenvalue weighted by molar-refractivity contribution is -0.116. The Morgan fingerprint density at radius 2 is 1.95 bits per heavy atom. The van der Waals surface area contributed by atoms with Crippen LogP contribution in [0.1, 0.15) is 39.0 Å². The molecule has 5 heteroatoms. The molecule has 19 heavy (non-hydrogen) atoms. The summed E-state index contributed by atoms with van der Waals surface area (Å²) < 4.78 is 0. The number of hydrogen-bond donors (Lipinski definition) is 2. The lowest BCUT2D eigenvalue weighted by Crippen LogP contribution is -2.13. The topological polar surface area (TPSA) is 66.9 Å². The molecule has 0 amide bonds. The van der Waals surface area contributed by atoms with Gasteiger partial charge in [-0.25, -0.2) is 9.97 Å². The Morgan fingerprint density at radius 3 is 2.63 bits per heavy atom. The molecule has 1 fully saturated rings. The van der Waals surface area contributed by atoms with Gasteiger partial charge in [0.05, 0.1) is 0 Å². The van der Waals surface area contributed by atoms with E-state index in [1.807, 2.05) is 6.07 Å². The van der Waals surface area contributed by atoms with Crippen molar-refractivity contribution in [2.75, 3.05) is 23.7 Å². The summed E-state index contributed by atoms with van der Waals surface area (Å²) in [6.45, 7) is 3.20. The van der Waals surface area contributed by atoms with E-state index in [1.54, 1.807) is 13.3 Å². The maximum atomic E-state index is 10.9. The summed E-state index contributed by atoms with van der Waals surface area (Å²) in [6.07, 6.45) is 7.42. The van der Waals surface area contributed by atoms with E-state index >= 15 is 0 Å². The van der Waals surface area contributed by atoms with E-state index in [9.17, 15) is 4.79 Å². The molecule has 1 saturated carbocycles. The normalized spacial score (nSPS) is 15.4. The molecule has 104 valence electrons. The third kappa shape index (κ3) is 4.85. The summed E-state index contributed by atoms with van der Waals surface area (Å²) in [7, 11) is 0. The largest absolute Gasteiger partial charge is 0.370 e. The van der Waals surface area contributed by atoms with Gasteiger partial charge >= 0.3 is 0 Å². The molecule has 1 aliphatic rings. The van der Waals surface area contributed by atoms with Crippen molar-refractivity contribution in [2.24, 2.45) is 5.92 Å². The number of ketones is 1. The average molecular weight is 262 g/mol. The van der Waals surface area contributed by atoms with Crippen LogP contribution in [-0.2, 0) is 4.79 Å². The van der Waals surface area contributed by atoms with Gasteiger partial charge in [-0.2, -0.15) is 0 Å². The molecule has 2 rings (SSSR count). The Hall–Kier alpha value is -1.65. The number of anilines is 2. The van der Waals surface area contributed by atoms with Gasteiger partial charge in [0, 0.05) is 25.6 Å². The van der Waals surface area contributed by atoms with Crippen LogP contribution in [0, 0.1) is 5.92 Å². The number of Topliss-reactive ketones (excluding diaryl/α,β-unsaturated/α-hetero) is 1. The summed E-state index contributed by atoms with van der Waals surface area (Å²) in [5.41, 5.74) is 0. The molecule has 0 saturated heterocycles. The van der Waals surface area contributed by atoms with Crippen LogP contribution in [0.15, 0.2) is 12.4 Å². The van der Waals surface area contributed by atoms with Crippen LogP contribution in [-0.4, -0.2) is 28.8 Å². The summed E-state index contributed by atoms with van der Waals surface area (Å²) in [5, 5.41) is 6.50. The first kappa shape index (κ1) is 13.8. The maximum absolute atomic E-state index is 10.9. The van der Waals surface area contributed by atoms with Crippen LogP contribution in [0.2, 0.25) is 0 Å². The molecule has 1 aliphatic carbocycles. The molecule has 1 aromatic heterocycles. The highest BCUT2D eigenvalue weighted by atomic mass is 16.1. The summed E-state index contributed by atoms with van der Waals surface area (Å²) in [4.78, 5) is 19.2. The van der Waals surface area contributed by atoms with Crippen molar-refractivity contribution in [3.8, 4) is 0 Å². The van der Waals surface area contributed by atoms with Gasteiger partial charge in [0.2, 0.25) is 0 Å². The average Bonchev–Trinajstić information content (AvgIpc) is 2.89. The van der Waals surface area contributed by atoms with Gasteiger partial charge in [-0.05, 0) is 25.7 Å². The molecule has 1 heterocycles. The molecule has 0 unspecified atom stereocenters. The zero-order chi connectivity index (χ0) is 13.5. The van der Waals surface area contributed by atoms with Crippen LogP contribution in [0.4, 0.5) is 11.6 Å². The van der Waals surface area contributed by atoms with Crippen molar-refractivity contribution in [1.29, 1.82) is 0 Å². The number of carbonyl (C=O) groups excluding carboxylic acids is 1. The van der Waals surface area contributed by atoms with Gasteiger partial charge in [0.15, 0.2) is 0 Å². The number of hydrogen-bond acceptors (Lipinski definition) is 5. The van der Waals surface area contributed by atoms with Crippen LogP contribution < -0.4 is 10.6 Å². The molecule has 0 aromatic carbocycles. The second-order valence-electron chi connectivity index (χ2n) is 5.20. The van der Waals surface area contributed by atoms with E-state index < -0.39 is 0 Å². The number of aromatic nitrogens is 2. The third-order valence-electron chi connectivity index (χ3n) is 3.50. The summed E-state index contributed by atoms with van der Waals surface area (Å²) in [5.74, 6) is 2.59. The number of nitrogens with zero attached hydrogens (tertiary/aromatic N) is 2. The zero-order valence-corrected chi connectivity index (χ0v) is 11.5. The number of rotatable bonds is 7. The first-order chi connectivity index (χ1) is 9.24. The zero-order valence-electron chi connectivity index (χ0n) is 11.5. The standard InChI is InChI=1S/C14H22N4O/c1-11(19)6-7-15-13-8-14(18-10-17-13)16-9-12-4-2-3-5-12/h8,10,12H,2-7,9H2,1H3,(H2,15,16,17,18). The molecule has 2 N–H and O–H groups in total. The van der Waals surface area contributed by atoms with Crippen molar-refractivity contribution >= 4 is 17.4 Å². The lowest BCUT2D eigenvalue weighted by atomic mass is 10.1. The van der Waals surface area contributed by atoms with Gasteiger partial charge in [0.1, 0.15) is 23.7 Å². The molecule has 5 nitrogen and oxygen atoms in total. The third-order valence-corrected chi connectivity index (χ3v) is 3.50. The Labute approximate surface area is 114 Å². The quantitative estimate of drug-likeness (QED) is 0.790. The van der Waals surface area contributed by atoms with Crippen LogP contribution in [0.5, 0.6) is 0 Å². The van der Waals surface area contributed by atoms with Crippen LogP contribution in [0.3, 0.4) is 0 Å². The molecule has 1 aromatic rings.